The predicted molar refractivity (Wildman–Crippen MR) is 138 cm³/mol. The maximum atomic E-state index is 12.2. The summed E-state index contributed by atoms with van der Waals surface area (Å²) in [6.45, 7) is 16.9. The first-order chi connectivity index (χ1) is 17.1. The molecule has 2 heterocycles. The molecule has 2 aromatic carbocycles. The third-order valence-electron chi connectivity index (χ3n) is 5.46. The van der Waals surface area contributed by atoms with Gasteiger partial charge >= 0.3 is 5.97 Å². The molecule has 8 heteroatoms. The fourth-order valence-corrected chi connectivity index (χ4v) is 4.10. The Morgan fingerprint density at radius 1 is 1.22 bits per heavy atom. The second-order valence-electron chi connectivity index (χ2n) is 9.94. The maximum Gasteiger partial charge on any atom is 0.306 e. The van der Waals surface area contributed by atoms with Crippen LogP contribution in [0.3, 0.4) is 0 Å². The van der Waals surface area contributed by atoms with Crippen LogP contribution >= 0.6 is 0 Å². The number of rotatable bonds is 7. The molecule has 4 aromatic rings. The van der Waals surface area contributed by atoms with E-state index in [0.29, 0.717) is 41.6 Å². The Labute approximate surface area is 210 Å². The van der Waals surface area contributed by atoms with Crippen molar-refractivity contribution in [2.75, 3.05) is 0 Å². The Morgan fingerprint density at radius 3 is 2.69 bits per heavy atom. The molecule has 0 fully saturated rings. The number of para-hydroxylation sites is 1. The van der Waals surface area contributed by atoms with E-state index >= 15 is 0 Å². The first kappa shape index (κ1) is 25.0. The van der Waals surface area contributed by atoms with Gasteiger partial charge in [-0.1, -0.05) is 17.3 Å². The molecule has 36 heavy (non-hydrogen) atoms. The van der Waals surface area contributed by atoms with Gasteiger partial charge in [0.1, 0.15) is 11.4 Å². The van der Waals surface area contributed by atoms with Crippen molar-refractivity contribution in [1.82, 2.24) is 14.7 Å². The molecule has 0 spiro atoms. The Hall–Kier alpha value is -4.12. The van der Waals surface area contributed by atoms with E-state index in [9.17, 15) is 4.79 Å². The average molecular weight is 487 g/mol. The molecule has 0 saturated heterocycles. The van der Waals surface area contributed by atoms with E-state index in [-0.39, 0.29) is 12.1 Å². The van der Waals surface area contributed by atoms with Crippen LogP contribution in [-0.2, 0) is 23.0 Å². The van der Waals surface area contributed by atoms with E-state index in [1.165, 1.54) is 0 Å². The largest absolute Gasteiger partial charge is 0.502 e. The smallest absolute Gasteiger partial charge is 0.306 e. The number of hydrogen-bond donors (Lipinski definition) is 0. The first-order valence-electron chi connectivity index (χ1n) is 11.9. The molecule has 0 saturated carbocycles. The van der Waals surface area contributed by atoms with Gasteiger partial charge in [0.25, 0.3) is 5.89 Å². The lowest BCUT2D eigenvalue weighted by molar-refractivity contribution is -0.154. The van der Waals surface area contributed by atoms with Crippen molar-refractivity contribution in [3.63, 3.8) is 0 Å². The van der Waals surface area contributed by atoms with Gasteiger partial charge in [0, 0.05) is 36.2 Å². The maximum absolute atomic E-state index is 12.2. The normalized spacial score (nSPS) is 11.6. The van der Waals surface area contributed by atoms with Gasteiger partial charge in [-0.2, -0.15) is 4.98 Å². The minimum atomic E-state index is -0.503. The molecule has 0 N–H and O–H groups in total. The van der Waals surface area contributed by atoms with Gasteiger partial charge in [0.15, 0.2) is 0 Å². The van der Waals surface area contributed by atoms with E-state index in [1.54, 1.807) is 12.1 Å². The number of carbonyl (C=O) groups excluding carboxylic acids is 1. The quantitative estimate of drug-likeness (QED) is 0.219. The Balaban J connectivity index is 1.63. The molecule has 0 radical (unpaired) electrons. The minimum Gasteiger partial charge on any atom is -0.502 e. The molecular weight excluding hydrogens is 456 g/mol. The van der Waals surface area contributed by atoms with E-state index in [2.05, 4.69) is 15.0 Å². The highest BCUT2D eigenvalue weighted by Gasteiger charge is 2.20. The topological polar surface area (TPSA) is 83.7 Å². The highest BCUT2D eigenvalue weighted by molar-refractivity contribution is 5.95. The Bertz CT molecular complexity index is 1450. The van der Waals surface area contributed by atoms with Crippen LogP contribution in [0.25, 0.3) is 38.6 Å². The van der Waals surface area contributed by atoms with Crippen LogP contribution < -0.4 is 4.74 Å². The number of nitrogens with zero attached hydrogens (tertiary/aromatic N) is 4. The number of aryl methyl sites for hydroxylation is 2. The van der Waals surface area contributed by atoms with Crippen LogP contribution in [0.5, 0.6) is 5.75 Å². The highest BCUT2D eigenvalue weighted by atomic mass is 16.6. The molecule has 0 aliphatic carbocycles. The van der Waals surface area contributed by atoms with Crippen molar-refractivity contribution in [1.29, 1.82) is 0 Å². The van der Waals surface area contributed by atoms with Crippen LogP contribution in [0.4, 0.5) is 5.69 Å². The standard InChI is InChI=1S/C28H30N4O4/c1-17(2)34-23-13-11-18(15-22(23)29-6)27-30-26(31-36-27)21-10-8-9-20-19(16-32(7)25(20)21)12-14-24(33)35-28(3,4)5/h8-11,13,15-17H,12,14H2,1-5,7H3. The third-order valence-corrected chi connectivity index (χ3v) is 5.46. The van der Waals surface area contributed by atoms with Crippen molar-refractivity contribution in [3.05, 3.63) is 59.6 Å². The summed E-state index contributed by atoms with van der Waals surface area (Å²) in [7, 11) is 1.96. The molecule has 0 atom stereocenters. The van der Waals surface area contributed by atoms with Crippen LogP contribution in [0.1, 0.15) is 46.6 Å². The van der Waals surface area contributed by atoms with Gasteiger partial charge in [0.2, 0.25) is 11.5 Å². The summed E-state index contributed by atoms with van der Waals surface area (Å²) in [5.41, 5.74) is 3.35. The monoisotopic (exact) mass is 486 g/mol. The Kier molecular flexibility index (Phi) is 6.84. The SMILES string of the molecule is [C-]#[N+]c1cc(-c2nc(-c3cccc4c(CCC(=O)OC(C)(C)C)cn(C)c34)no2)ccc1OC(C)C. The van der Waals surface area contributed by atoms with Crippen molar-refractivity contribution in [2.24, 2.45) is 7.05 Å². The summed E-state index contributed by atoms with van der Waals surface area (Å²) in [5.74, 6) is 1.07. The summed E-state index contributed by atoms with van der Waals surface area (Å²) in [5, 5.41) is 5.25. The molecular formula is C28H30N4O4. The van der Waals surface area contributed by atoms with Crippen LogP contribution in [0.15, 0.2) is 47.1 Å². The molecule has 0 aliphatic rings. The number of hydrogen-bond acceptors (Lipinski definition) is 6. The molecule has 2 aromatic heterocycles. The third kappa shape index (κ3) is 5.41. The lowest BCUT2D eigenvalue weighted by Crippen LogP contribution is -2.23. The lowest BCUT2D eigenvalue weighted by Gasteiger charge is -2.19. The molecule has 0 unspecified atom stereocenters. The second kappa shape index (κ2) is 9.86. The summed E-state index contributed by atoms with van der Waals surface area (Å²) in [6.07, 6.45) is 2.85. The highest BCUT2D eigenvalue weighted by Crippen LogP contribution is 2.35. The zero-order valence-electron chi connectivity index (χ0n) is 21.5. The zero-order chi connectivity index (χ0) is 26.0. The summed E-state index contributed by atoms with van der Waals surface area (Å²) in [6, 6.07) is 11.2. The summed E-state index contributed by atoms with van der Waals surface area (Å²) in [4.78, 5) is 20.4. The van der Waals surface area contributed by atoms with Crippen LogP contribution in [-0.4, -0.2) is 32.4 Å². The van der Waals surface area contributed by atoms with E-state index in [0.717, 1.165) is 22.0 Å². The van der Waals surface area contributed by atoms with Gasteiger partial charge in [-0.05, 0) is 70.9 Å². The zero-order valence-corrected chi connectivity index (χ0v) is 21.5. The lowest BCUT2D eigenvalue weighted by atomic mass is 10.1. The minimum absolute atomic E-state index is 0.0360. The van der Waals surface area contributed by atoms with Crippen LogP contribution in [0.2, 0.25) is 0 Å². The Morgan fingerprint density at radius 2 is 2.00 bits per heavy atom. The average Bonchev–Trinajstić information content (AvgIpc) is 3.42. The first-order valence-corrected chi connectivity index (χ1v) is 11.9. The van der Waals surface area contributed by atoms with Crippen molar-refractivity contribution in [2.45, 2.75) is 59.2 Å². The second-order valence-corrected chi connectivity index (χ2v) is 9.94. The fourth-order valence-electron chi connectivity index (χ4n) is 4.10. The number of benzene rings is 2. The molecule has 0 aliphatic heterocycles. The molecule has 0 amide bonds. The predicted octanol–water partition coefficient (Wildman–Crippen LogP) is 6.51. The number of aromatic nitrogens is 3. The molecule has 186 valence electrons. The number of esters is 1. The van der Waals surface area contributed by atoms with Gasteiger partial charge in [-0.15, -0.1) is 0 Å². The fraction of sp³-hybridized carbons (Fsp3) is 0.357. The molecule has 8 nitrogen and oxygen atoms in total. The summed E-state index contributed by atoms with van der Waals surface area (Å²) < 4.78 is 18.8. The van der Waals surface area contributed by atoms with Gasteiger partial charge in [-0.25, -0.2) is 4.85 Å². The van der Waals surface area contributed by atoms with Gasteiger partial charge < -0.3 is 18.6 Å². The number of ether oxygens (including phenoxy) is 2. The van der Waals surface area contributed by atoms with E-state index < -0.39 is 5.60 Å². The van der Waals surface area contributed by atoms with E-state index in [1.807, 2.05) is 76.7 Å². The van der Waals surface area contributed by atoms with Crippen molar-refractivity contribution < 1.29 is 18.8 Å². The van der Waals surface area contributed by atoms with Gasteiger partial charge in [0.05, 0.1) is 18.2 Å². The van der Waals surface area contributed by atoms with Crippen LogP contribution in [0, 0.1) is 6.57 Å². The number of carbonyl (C=O) groups is 1. The number of fused-ring (bicyclic) bond motifs is 1. The van der Waals surface area contributed by atoms with E-state index in [4.69, 9.17) is 20.6 Å². The summed E-state index contributed by atoms with van der Waals surface area (Å²) >= 11 is 0. The van der Waals surface area contributed by atoms with Crippen molar-refractivity contribution in [3.8, 4) is 28.6 Å². The van der Waals surface area contributed by atoms with Crippen molar-refractivity contribution >= 4 is 22.6 Å². The molecule has 4 rings (SSSR count). The molecule has 0 bridgehead atoms. The van der Waals surface area contributed by atoms with Gasteiger partial charge in [-0.3, -0.25) is 4.79 Å².